The maximum absolute atomic E-state index is 12.4. The Labute approximate surface area is 207 Å². The van der Waals surface area contributed by atoms with Crippen molar-refractivity contribution in [3.8, 4) is 23.3 Å². The van der Waals surface area contributed by atoms with Crippen LogP contribution in [0.25, 0.3) is 5.69 Å². The summed E-state index contributed by atoms with van der Waals surface area (Å²) in [4.78, 5) is 12.4. The van der Waals surface area contributed by atoms with Crippen LogP contribution >= 0.6 is 23.4 Å². The van der Waals surface area contributed by atoms with Gasteiger partial charge in [0, 0.05) is 10.7 Å². The molecular formula is C24H24ClN5O3S. The van der Waals surface area contributed by atoms with Gasteiger partial charge >= 0.3 is 0 Å². The molecule has 0 aliphatic carbocycles. The number of Topliss-reactive ketones (excluding diaryl/α,β-unsaturated/α-hetero) is 1. The first-order valence-electron chi connectivity index (χ1n) is 10.4. The van der Waals surface area contributed by atoms with E-state index in [-0.39, 0.29) is 29.4 Å². The zero-order chi connectivity index (χ0) is 24.7. The van der Waals surface area contributed by atoms with Gasteiger partial charge in [-0.3, -0.25) is 9.36 Å². The fourth-order valence-corrected chi connectivity index (χ4v) is 4.00. The molecule has 2 aromatic carbocycles. The lowest BCUT2D eigenvalue weighted by Crippen LogP contribution is -2.11. The molecule has 2 N–H and O–H groups in total. The molecule has 8 nitrogen and oxygen atoms in total. The van der Waals surface area contributed by atoms with Gasteiger partial charge in [-0.2, -0.15) is 5.26 Å². The van der Waals surface area contributed by atoms with Crippen LogP contribution in [0.5, 0.6) is 11.5 Å². The molecule has 3 aromatic rings. The lowest BCUT2D eigenvalue weighted by Gasteiger charge is -2.12. The van der Waals surface area contributed by atoms with Crippen LogP contribution in [0.4, 0.5) is 0 Å². The number of carbonyl (C=O) groups excluding carboxylic acids is 1. The van der Waals surface area contributed by atoms with E-state index in [0.29, 0.717) is 28.4 Å². The third kappa shape index (κ3) is 6.10. The molecule has 0 aliphatic heterocycles. The minimum absolute atomic E-state index is 0.0189. The molecule has 176 valence electrons. The molecule has 1 aromatic heterocycles. The number of hydrogen-bond acceptors (Lipinski definition) is 8. The minimum Gasteiger partial charge on any atom is -0.494 e. The predicted molar refractivity (Wildman–Crippen MR) is 131 cm³/mol. The summed E-state index contributed by atoms with van der Waals surface area (Å²) in [6, 6.07) is 14.7. The standard InChI is InChI=1S/C24H24ClN5O3S/c1-4-32-18-7-9-19(10-8-18)33-13-23-28-29-24(34-14-22(31)20(12-26)16(3)27)30(23)17-6-5-15(2)21(25)11-17/h5-11H,4,13-14,27H2,1-3H3/b20-16+. The number of aromatic nitrogens is 3. The van der Waals surface area contributed by atoms with E-state index < -0.39 is 0 Å². The van der Waals surface area contributed by atoms with Crippen LogP contribution in [-0.2, 0) is 11.4 Å². The molecule has 34 heavy (non-hydrogen) atoms. The summed E-state index contributed by atoms with van der Waals surface area (Å²) >= 11 is 7.51. The van der Waals surface area contributed by atoms with Crippen LogP contribution in [0.15, 0.2) is 58.9 Å². The highest BCUT2D eigenvalue weighted by Gasteiger charge is 2.19. The quantitative estimate of drug-likeness (QED) is 0.245. The van der Waals surface area contributed by atoms with E-state index in [2.05, 4.69) is 10.2 Å². The van der Waals surface area contributed by atoms with Crippen molar-refractivity contribution in [2.24, 2.45) is 5.73 Å². The molecule has 0 amide bonds. The largest absolute Gasteiger partial charge is 0.494 e. The third-order valence-corrected chi connectivity index (χ3v) is 6.07. The maximum Gasteiger partial charge on any atom is 0.196 e. The summed E-state index contributed by atoms with van der Waals surface area (Å²) in [6.07, 6.45) is 0. The number of nitrogens with two attached hydrogens (primary N) is 1. The van der Waals surface area contributed by atoms with Crippen molar-refractivity contribution < 1.29 is 14.3 Å². The molecule has 10 heteroatoms. The summed E-state index contributed by atoms with van der Waals surface area (Å²) in [5, 5.41) is 18.8. The van der Waals surface area contributed by atoms with Crippen LogP contribution in [0.2, 0.25) is 5.02 Å². The van der Waals surface area contributed by atoms with E-state index in [1.807, 2.05) is 56.3 Å². The first kappa shape index (κ1) is 25.1. The maximum atomic E-state index is 12.4. The number of hydrogen-bond donors (Lipinski definition) is 1. The van der Waals surface area contributed by atoms with Gasteiger partial charge in [0.05, 0.1) is 18.0 Å². The Morgan fingerprint density at radius 3 is 2.44 bits per heavy atom. The number of rotatable bonds is 10. The molecule has 0 spiro atoms. The second-order valence-corrected chi connectivity index (χ2v) is 8.59. The van der Waals surface area contributed by atoms with E-state index in [9.17, 15) is 10.1 Å². The lowest BCUT2D eigenvalue weighted by molar-refractivity contribution is -0.112. The van der Waals surface area contributed by atoms with Gasteiger partial charge in [0.15, 0.2) is 16.8 Å². The molecule has 0 bridgehead atoms. The fraction of sp³-hybridized carbons (Fsp3) is 0.250. The number of thioether (sulfide) groups is 1. The molecule has 0 unspecified atom stereocenters. The third-order valence-electron chi connectivity index (χ3n) is 4.73. The van der Waals surface area contributed by atoms with Gasteiger partial charge < -0.3 is 15.2 Å². The second-order valence-electron chi connectivity index (χ2n) is 7.24. The molecular weight excluding hydrogens is 474 g/mol. The highest BCUT2D eigenvalue weighted by Crippen LogP contribution is 2.27. The molecule has 0 radical (unpaired) electrons. The van der Waals surface area contributed by atoms with Crippen LogP contribution in [-0.4, -0.2) is 32.9 Å². The first-order valence-corrected chi connectivity index (χ1v) is 11.8. The van der Waals surface area contributed by atoms with Gasteiger partial charge in [-0.05, 0) is 62.7 Å². The summed E-state index contributed by atoms with van der Waals surface area (Å²) in [7, 11) is 0. The van der Waals surface area contributed by atoms with Crippen molar-refractivity contribution in [2.45, 2.75) is 32.5 Å². The normalized spacial score (nSPS) is 11.5. The molecule has 0 aliphatic rings. The molecule has 0 saturated heterocycles. The number of nitrogens with zero attached hydrogens (tertiary/aromatic N) is 4. The van der Waals surface area contributed by atoms with Crippen molar-refractivity contribution in [1.29, 1.82) is 5.26 Å². The number of halogens is 1. The summed E-state index contributed by atoms with van der Waals surface area (Å²) in [6.45, 7) is 6.07. The number of aryl methyl sites for hydroxylation is 1. The highest BCUT2D eigenvalue weighted by atomic mass is 35.5. The minimum atomic E-state index is -0.379. The van der Waals surface area contributed by atoms with Gasteiger partial charge in [0.25, 0.3) is 0 Å². The topological polar surface area (TPSA) is 116 Å². The van der Waals surface area contributed by atoms with Gasteiger partial charge in [-0.25, -0.2) is 0 Å². The van der Waals surface area contributed by atoms with Gasteiger partial charge in [0.2, 0.25) is 0 Å². The number of carbonyl (C=O) groups is 1. The van der Waals surface area contributed by atoms with Gasteiger partial charge in [-0.1, -0.05) is 29.4 Å². The zero-order valence-corrected chi connectivity index (χ0v) is 20.6. The van der Waals surface area contributed by atoms with Crippen molar-refractivity contribution >= 4 is 29.1 Å². The van der Waals surface area contributed by atoms with Gasteiger partial charge in [-0.15, -0.1) is 10.2 Å². The van der Waals surface area contributed by atoms with Crippen LogP contribution in [0.1, 0.15) is 25.2 Å². The monoisotopic (exact) mass is 497 g/mol. The Morgan fingerprint density at radius 1 is 1.18 bits per heavy atom. The Morgan fingerprint density at radius 2 is 1.85 bits per heavy atom. The van der Waals surface area contributed by atoms with E-state index in [1.165, 1.54) is 6.92 Å². The van der Waals surface area contributed by atoms with Crippen molar-refractivity contribution in [3.05, 3.63) is 70.1 Å². The molecule has 0 atom stereocenters. The van der Waals surface area contributed by atoms with Crippen molar-refractivity contribution in [1.82, 2.24) is 14.8 Å². The van der Waals surface area contributed by atoms with Crippen LogP contribution in [0.3, 0.4) is 0 Å². The summed E-state index contributed by atoms with van der Waals surface area (Å²) < 4.78 is 13.1. The SMILES string of the molecule is CCOc1ccc(OCc2nnc(SCC(=O)/C(C#N)=C(\C)N)n2-c2ccc(C)c(Cl)c2)cc1. The number of nitriles is 1. The number of benzene rings is 2. The lowest BCUT2D eigenvalue weighted by atomic mass is 10.2. The molecule has 0 saturated carbocycles. The fourth-order valence-electron chi connectivity index (χ4n) is 2.99. The molecule has 3 rings (SSSR count). The van der Waals surface area contributed by atoms with Crippen molar-refractivity contribution in [3.63, 3.8) is 0 Å². The zero-order valence-electron chi connectivity index (χ0n) is 19.0. The molecule has 0 fully saturated rings. The van der Waals surface area contributed by atoms with Crippen LogP contribution in [0, 0.1) is 18.3 Å². The van der Waals surface area contributed by atoms with Gasteiger partial charge in [0.1, 0.15) is 29.7 Å². The molecule has 1 heterocycles. The Kier molecular flexibility index (Phi) is 8.57. The summed E-state index contributed by atoms with van der Waals surface area (Å²) in [5.41, 5.74) is 7.43. The summed E-state index contributed by atoms with van der Waals surface area (Å²) in [5.74, 6) is 1.53. The average Bonchev–Trinajstić information content (AvgIpc) is 3.22. The Balaban J connectivity index is 1.86. The number of ether oxygens (including phenoxy) is 2. The highest BCUT2D eigenvalue weighted by molar-refractivity contribution is 7.99. The Bertz CT molecular complexity index is 1240. The van der Waals surface area contributed by atoms with Crippen molar-refractivity contribution in [2.75, 3.05) is 12.4 Å². The van der Waals surface area contributed by atoms with E-state index in [4.69, 9.17) is 26.8 Å². The second kappa shape index (κ2) is 11.6. The van der Waals surface area contributed by atoms with E-state index in [0.717, 1.165) is 28.8 Å². The predicted octanol–water partition coefficient (Wildman–Crippen LogP) is 4.62. The number of allylic oxidation sites excluding steroid dienone is 2. The first-order chi connectivity index (χ1) is 16.3. The smallest absolute Gasteiger partial charge is 0.196 e. The Hall–Kier alpha value is -3.48. The average molecular weight is 498 g/mol. The van der Waals surface area contributed by atoms with E-state index in [1.54, 1.807) is 10.6 Å². The van der Waals surface area contributed by atoms with E-state index >= 15 is 0 Å². The van der Waals surface area contributed by atoms with Crippen LogP contribution < -0.4 is 15.2 Å². The number of ketones is 1.